The van der Waals surface area contributed by atoms with E-state index in [-0.39, 0.29) is 36.6 Å². The lowest BCUT2D eigenvalue weighted by molar-refractivity contribution is -0.143. The van der Waals surface area contributed by atoms with Crippen molar-refractivity contribution in [2.24, 2.45) is 11.5 Å². The number of carbonyl (C=O) groups is 6. The highest BCUT2D eigenvalue weighted by Gasteiger charge is 2.39. The van der Waals surface area contributed by atoms with Gasteiger partial charge in [-0.1, -0.05) is 11.6 Å². The third-order valence-corrected chi connectivity index (χ3v) is 9.11. The Morgan fingerprint density at radius 2 is 1.59 bits per heavy atom. The van der Waals surface area contributed by atoms with Crippen LogP contribution in [0.3, 0.4) is 0 Å². The number of hydrogen-bond acceptors (Lipinski definition) is 11. The Hall–Kier alpha value is -4.69. The number of thiocarbonyl (C=S) groups is 1. The Morgan fingerprint density at radius 3 is 2.20 bits per heavy atom. The maximum atomic E-state index is 14.0. The fourth-order valence-electron chi connectivity index (χ4n) is 5.72. The quantitative estimate of drug-likeness (QED) is 0.0615. The number of aliphatic hydroxyl groups excluding tert-OH is 1. The summed E-state index contributed by atoms with van der Waals surface area (Å²) in [6.45, 7) is 1.56. The molecule has 5 amide bonds. The van der Waals surface area contributed by atoms with Gasteiger partial charge in [-0.3, -0.25) is 28.8 Å². The molecule has 296 valence electrons. The first-order valence-electron chi connectivity index (χ1n) is 17.7. The fraction of sp³-hybridized carbons (Fsp3) is 0.529. The van der Waals surface area contributed by atoms with Crippen LogP contribution in [0.2, 0.25) is 5.02 Å². The van der Waals surface area contributed by atoms with Crippen molar-refractivity contribution >= 4 is 70.1 Å². The Morgan fingerprint density at radius 1 is 0.944 bits per heavy atom. The van der Waals surface area contributed by atoms with Crippen LogP contribution in [0.15, 0.2) is 36.5 Å². The van der Waals surface area contributed by atoms with Gasteiger partial charge >= 0.3 is 5.97 Å². The van der Waals surface area contributed by atoms with Crippen LogP contribution in [0.25, 0.3) is 0 Å². The van der Waals surface area contributed by atoms with Crippen LogP contribution in [0.1, 0.15) is 68.8 Å². The molecule has 11 N–H and O–H groups in total. The van der Waals surface area contributed by atoms with Crippen LogP contribution in [0.4, 0.5) is 5.69 Å². The van der Waals surface area contributed by atoms with E-state index in [1.807, 2.05) is 0 Å². The summed E-state index contributed by atoms with van der Waals surface area (Å²) in [6.07, 6.45) is 3.19. The number of unbranched alkanes of at least 4 members (excludes halogenated alkanes) is 2. The molecule has 1 aromatic heterocycles. The number of carboxylic acids is 1. The Kier molecular flexibility index (Phi) is 17.7. The minimum absolute atomic E-state index is 0.104. The number of nitrogens with one attached hydrogen (secondary N) is 5. The number of rotatable bonds is 20. The maximum Gasteiger partial charge on any atom is 0.322 e. The minimum Gasteiger partial charge on any atom is -0.480 e. The van der Waals surface area contributed by atoms with Crippen LogP contribution in [-0.4, -0.2) is 122 Å². The first-order valence-corrected chi connectivity index (χ1v) is 18.5. The molecule has 1 aliphatic rings. The molecular weight excluding hydrogens is 744 g/mol. The Labute approximate surface area is 323 Å². The van der Waals surface area contributed by atoms with Gasteiger partial charge in [0.25, 0.3) is 5.91 Å². The van der Waals surface area contributed by atoms with Crippen molar-refractivity contribution in [3.8, 4) is 0 Å². The standard InChI is InChI=1S/C34H49ClN10O8S/c1-20(46)28(42-30(50)24-14-18-45(43-24)34(54)39-22-12-10-21(35)11-13-22)32(52)41-25(8-3-5-16-37)33(53)44-17-6-9-26(44)31(51)40-23(7-2-4-15-36)29(49)38-19-27(47)48/h10-14,18,20,23,25-26,28,46H,2-9,15-17,19,36-37H2,1H3,(H,38,49)(H,39,54)(H,40,51)(H,41,52)(H,42,50)(H,47,48). The zero-order chi connectivity index (χ0) is 39.8. The topological polar surface area (TPSA) is 276 Å². The lowest BCUT2D eigenvalue weighted by Gasteiger charge is -2.31. The number of nitrogens with two attached hydrogens (primary N) is 2. The Bertz CT molecular complexity index is 1630. The molecule has 0 bridgehead atoms. The molecule has 20 heteroatoms. The lowest BCUT2D eigenvalue weighted by atomic mass is 10.0. The molecule has 5 unspecified atom stereocenters. The number of carbonyl (C=O) groups excluding carboxylic acids is 5. The van der Waals surface area contributed by atoms with E-state index in [1.54, 1.807) is 24.3 Å². The molecule has 2 aromatic rings. The van der Waals surface area contributed by atoms with E-state index in [0.29, 0.717) is 55.9 Å². The normalized spacial score (nSPS) is 16.0. The van der Waals surface area contributed by atoms with Crippen LogP contribution in [0, 0.1) is 0 Å². The summed E-state index contributed by atoms with van der Waals surface area (Å²) in [6, 6.07) is 3.45. The van der Waals surface area contributed by atoms with Crippen LogP contribution in [0.5, 0.6) is 0 Å². The summed E-state index contributed by atoms with van der Waals surface area (Å²) >= 11 is 11.3. The molecule has 54 heavy (non-hydrogen) atoms. The molecule has 1 saturated heterocycles. The first kappa shape index (κ1) is 43.7. The molecule has 18 nitrogen and oxygen atoms in total. The summed E-state index contributed by atoms with van der Waals surface area (Å²) in [5, 5.41) is 37.4. The summed E-state index contributed by atoms with van der Waals surface area (Å²) in [4.78, 5) is 79.4. The molecule has 5 atom stereocenters. The predicted molar refractivity (Wildman–Crippen MR) is 203 cm³/mol. The number of benzene rings is 1. The smallest absolute Gasteiger partial charge is 0.322 e. The van der Waals surface area contributed by atoms with Gasteiger partial charge in [0.1, 0.15) is 30.7 Å². The van der Waals surface area contributed by atoms with Gasteiger partial charge in [0.05, 0.1) is 6.10 Å². The molecule has 0 radical (unpaired) electrons. The van der Waals surface area contributed by atoms with Crippen LogP contribution >= 0.6 is 23.8 Å². The largest absolute Gasteiger partial charge is 0.480 e. The molecule has 1 fully saturated rings. The van der Waals surface area contributed by atoms with Crippen molar-refractivity contribution in [1.29, 1.82) is 0 Å². The van der Waals surface area contributed by atoms with Crippen LogP contribution < -0.4 is 38.1 Å². The van der Waals surface area contributed by atoms with Gasteiger partial charge < -0.3 is 53.2 Å². The maximum absolute atomic E-state index is 14.0. The van der Waals surface area contributed by atoms with E-state index in [0.717, 1.165) is 0 Å². The van der Waals surface area contributed by atoms with E-state index < -0.39 is 72.3 Å². The number of nitrogens with zero attached hydrogens (tertiary/aromatic N) is 3. The summed E-state index contributed by atoms with van der Waals surface area (Å²) in [5.74, 6) is -4.74. The number of amides is 5. The second-order valence-electron chi connectivity index (χ2n) is 12.8. The average molecular weight is 793 g/mol. The number of likely N-dealkylation sites (tertiary alicyclic amines) is 1. The number of aliphatic hydroxyl groups is 1. The zero-order valence-electron chi connectivity index (χ0n) is 30.0. The van der Waals surface area contributed by atoms with E-state index in [1.165, 1.54) is 28.8 Å². The molecule has 0 aliphatic carbocycles. The van der Waals surface area contributed by atoms with Crippen molar-refractivity contribution in [3.63, 3.8) is 0 Å². The summed E-state index contributed by atoms with van der Waals surface area (Å²) < 4.78 is 1.25. The Balaban J connectivity index is 1.71. The van der Waals surface area contributed by atoms with E-state index >= 15 is 0 Å². The molecule has 0 saturated carbocycles. The number of aromatic nitrogens is 2. The van der Waals surface area contributed by atoms with Gasteiger partial charge in [0, 0.05) is 23.5 Å². The third-order valence-electron chi connectivity index (χ3n) is 8.57. The zero-order valence-corrected chi connectivity index (χ0v) is 31.5. The number of hydrogen-bond donors (Lipinski definition) is 9. The number of anilines is 1. The summed E-state index contributed by atoms with van der Waals surface area (Å²) in [7, 11) is 0. The SMILES string of the molecule is CC(O)C(NC(=O)c1ccn(C(=S)Nc2ccc(Cl)cc2)n1)C(=O)NC(CCCCN)C(=O)N1CCCC1C(=O)NC(CCCCN)C(=O)NCC(=O)O. The van der Waals surface area contributed by atoms with E-state index in [4.69, 9.17) is 40.4 Å². The second-order valence-corrected chi connectivity index (χ2v) is 13.6. The second kappa shape index (κ2) is 21.9. The highest BCUT2D eigenvalue weighted by Crippen LogP contribution is 2.21. The van der Waals surface area contributed by atoms with E-state index in [9.17, 15) is 33.9 Å². The van der Waals surface area contributed by atoms with E-state index in [2.05, 4.69) is 31.7 Å². The molecule has 1 aliphatic heterocycles. The molecule has 1 aromatic carbocycles. The number of aliphatic carboxylic acids is 1. The highest BCUT2D eigenvalue weighted by molar-refractivity contribution is 7.80. The van der Waals surface area contributed by atoms with Gasteiger partial charge in [-0.15, -0.1) is 0 Å². The first-order chi connectivity index (χ1) is 25.7. The lowest BCUT2D eigenvalue weighted by Crippen LogP contribution is -2.59. The van der Waals surface area contributed by atoms with Crippen molar-refractivity contribution in [3.05, 3.63) is 47.2 Å². The minimum atomic E-state index is -1.50. The van der Waals surface area contributed by atoms with Crippen molar-refractivity contribution in [2.45, 2.75) is 88.6 Å². The van der Waals surface area contributed by atoms with Gasteiger partial charge in [0.2, 0.25) is 23.6 Å². The van der Waals surface area contributed by atoms with Gasteiger partial charge in [-0.25, -0.2) is 4.68 Å². The molecule has 3 rings (SSSR count). The van der Waals surface area contributed by atoms with Gasteiger partial charge in [-0.2, -0.15) is 5.10 Å². The summed E-state index contributed by atoms with van der Waals surface area (Å²) in [5.41, 5.74) is 11.8. The molecular formula is C34H49ClN10O8S. The van der Waals surface area contributed by atoms with Crippen molar-refractivity contribution < 1.29 is 39.0 Å². The number of carboxylic acid groups (broad SMARTS) is 1. The third kappa shape index (κ3) is 13.3. The van der Waals surface area contributed by atoms with Gasteiger partial charge in [-0.05, 0) is 114 Å². The predicted octanol–water partition coefficient (Wildman–Crippen LogP) is -0.320. The van der Waals surface area contributed by atoms with Crippen LogP contribution in [-0.2, 0) is 24.0 Å². The monoisotopic (exact) mass is 792 g/mol. The average Bonchev–Trinajstić information content (AvgIpc) is 3.84. The number of halogens is 1. The molecule has 0 spiro atoms. The highest BCUT2D eigenvalue weighted by atomic mass is 35.5. The molecule has 2 heterocycles. The van der Waals surface area contributed by atoms with Crippen molar-refractivity contribution in [1.82, 2.24) is 35.9 Å². The fourth-order valence-corrected chi connectivity index (χ4v) is 6.07. The van der Waals surface area contributed by atoms with Gasteiger partial charge in [0.15, 0.2) is 10.8 Å². The van der Waals surface area contributed by atoms with Crippen molar-refractivity contribution in [2.75, 3.05) is 31.5 Å².